The third kappa shape index (κ3) is 2.72. The number of hydrogen-bond acceptors (Lipinski definition) is 2. The summed E-state index contributed by atoms with van der Waals surface area (Å²) in [6, 6.07) is 8.26. The molecule has 1 rings (SSSR count). The molecule has 1 aromatic rings. The van der Waals surface area contributed by atoms with Crippen molar-refractivity contribution in [3.05, 3.63) is 29.8 Å². The van der Waals surface area contributed by atoms with E-state index in [0.29, 0.717) is 5.92 Å². The van der Waals surface area contributed by atoms with Crippen LogP contribution in [0.25, 0.3) is 0 Å². The van der Waals surface area contributed by atoms with Gasteiger partial charge in [0.25, 0.3) is 0 Å². The van der Waals surface area contributed by atoms with Gasteiger partial charge in [-0.1, -0.05) is 19.1 Å². The third-order valence-corrected chi connectivity index (χ3v) is 3.32. The normalized spacial score (nSPS) is 13.7. The molecule has 0 saturated heterocycles. The van der Waals surface area contributed by atoms with Gasteiger partial charge in [-0.3, -0.25) is 0 Å². The Bertz CT molecular complexity index is 320. The molecule has 0 aliphatic heterocycles. The van der Waals surface area contributed by atoms with E-state index in [9.17, 15) is 0 Å². The lowest BCUT2D eigenvalue weighted by Gasteiger charge is -2.32. The van der Waals surface area contributed by atoms with Crippen LogP contribution in [-0.2, 0) is 0 Å². The van der Waals surface area contributed by atoms with E-state index < -0.39 is 0 Å². The average molecular weight is 207 g/mol. The monoisotopic (exact) mass is 207 g/mol. The van der Waals surface area contributed by atoms with Gasteiger partial charge >= 0.3 is 0 Å². The molecular weight excluding hydrogens is 186 g/mol. The summed E-state index contributed by atoms with van der Waals surface area (Å²) >= 11 is 0. The van der Waals surface area contributed by atoms with Gasteiger partial charge in [-0.25, -0.2) is 0 Å². The molecule has 0 radical (unpaired) electrons. The van der Waals surface area contributed by atoms with E-state index in [2.05, 4.69) is 38.2 Å². The lowest BCUT2D eigenvalue weighted by Crippen LogP contribution is -2.41. The average Bonchev–Trinajstić information content (AvgIpc) is 2.28. The van der Waals surface area contributed by atoms with E-state index in [-0.39, 0.29) is 5.54 Å². The summed E-state index contributed by atoms with van der Waals surface area (Å²) in [6.45, 7) is 6.64. The molecule has 0 amide bonds. The molecule has 0 spiro atoms. The predicted molar refractivity (Wildman–Crippen MR) is 64.5 cm³/mol. The van der Waals surface area contributed by atoms with Crippen LogP contribution in [0.15, 0.2) is 24.3 Å². The highest BCUT2D eigenvalue weighted by atomic mass is 16.5. The van der Waals surface area contributed by atoms with E-state index in [4.69, 9.17) is 4.74 Å². The van der Waals surface area contributed by atoms with Crippen LogP contribution in [0.2, 0.25) is 0 Å². The summed E-state index contributed by atoms with van der Waals surface area (Å²) in [5.74, 6) is 1.36. The van der Waals surface area contributed by atoms with Gasteiger partial charge in [0.2, 0.25) is 0 Å². The van der Waals surface area contributed by atoms with Gasteiger partial charge < -0.3 is 10.1 Å². The zero-order valence-corrected chi connectivity index (χ0v) is 10.3. The summed E-state index contributed by atoms with van der Waals surface area (Å²) in [4.78, 5) is 0. The van der Waals surface area contributed by atoms with Crippen molar-refractivity contribution >= 4 is 0 Å². The molecule has 1 atom stereocenters. The van der Waals surface area contributed by atoms with Gasteiger partial charge in [-0.15, -0.1) is 0 Å². The van der Waals surface area contributed by atoms with Crippen molar-refractivity contribution in [2.45, 2.75) is 32.2 Å². The molecule has 1 unspecified atom stereocenters. The molecular formula is C13H21NO. The Kier molecular flexibility index (Phi) is 3.75. The second-order valence-electron chi connectivity index (χ2n) is 4.47. The molecule has 0 aromatic heterocycles. The van der Waals surface area contributed by atoms with Gasteiger partial charge in [-0.05, 0) is 44.5 Å². The van der Waals surface area contributed by atoms with Crippen molar-refractivity contribution < 1.29 is 4.74 Å². The summed E-state index contributed by atoms with van der Waals surface area (Å²) in [6.07, 6.45) is 0. The van der Waals surface area contributed by atoms with E-state index in [1.807, 2.05) is 19.2 Å². The lowest BCUT2D eigenvalue weighted by molar-refractivity contribution is 0.358. The maximum atomic E-state index is 5.23. The van der Waals surface area contributed by atoms with Gasteiger partial charge in [-0.2, -0.15) is 0 Å². The number of likely N-dealkylation sites (N-methyl/N-ethyl adjacent to an activating group) is 1. The van der Waals surface area contributed by atoms with Gasteiger partial charge in [0.15, 0.2) is 0 Å². The molecule has 0 heterocycles. The molecule has 1 N–H and O–H groups in total. The maximum absolute atomic E-state index is 5.23. The van der Waals surface area contributed by atoms with Crippen LogP contribution in [0.5, 0.6) is 5.75 Å². The van der Waals surface area contributed by atoms with Gasteiger partial charge in [0, 0.05) is 5.54 Å². The standard InChI is InChI=1S/C13H21NO/c1-10(13(2,3)14-4)11-7-6-8-12(9-11)15-5/h6-10,14H,1-5H3. The number of nitrogens with one attached hydrogen (secondary N) is 1. The quantitative estimate of drug-likeness (QED) is 0.819. The van der Waals surface area contributed by atoms with Crippen LogP contribution in [0.4, 0.5) is 0 Å². The Labute approximate surface area is 92.6 Å². The largest absolute Gasteiger partial charge is 0.497 e. The second-order valence-corrected chi connectivity index (χ2v) is 4.47. The number of ether oxygens (including phenoxy) is 1. The van der Waals surface area contributed by atoms with Crippen molar-refractivity contribution in [1.82, 2.24) is 5.32 Å². The van der Waals surface area contributed by atoms with Crippen LogP contribution >= 0.6 is 0 Å². The van der Waals surface area contributed by atoms with Crippen molar-refractivity contribution in [2.75, 3.05) is 14.2 Å². The summed E-state index contributed by atoms with van der Waals surface area (Å²) in [5.41, 5.74) is 1.39. The number of methoxy groups -OCH3 is 1. The van der Waals surface area contributed by atoms with Crippen LogP contribution in [0.1, 0.15) is 32.3 Å². The van der Waals surface area contributed by atoms with Crippen molar-refractivity contribution in [3.63, 3.8) is 0 Å². The zero-order valence-electron chi connectivity index (χ0n) is 10.3. The smallest absolute Gasteiger partial charge is 0.119 e. The Morgan fingerprint density at radius 3 is 2.53 bits per heavy atom. The fourth-order valence-electron chi connectivity index (χ4n) is 1.54. The lowest BCUT2D eigenvalue weighted by atomic mass is 9.83. The molecule has 84 valence electrons. The first-order valence-corrected chi connectivity index (χ1v) is 5.34. The predicted octanol–water partition coefficient (Wildman–Crippen LogP) is 2.80. The summed E-state index contributed by atoms with van der Waals surface area (Å²) in [5, 5.41) is 3.34. The SMILES string of the molecule is CNC(C)(C)C(C)c1cccc(OC)c1. The molecule has 1 aromatic carbocycles. The first-order valence-electron chi connectivity index (χ1n) is 5.34. The fourth-order valence-corrected chi connectivity index (χ4v) is 1.54. The third-order valence-electron chi connectivity index (χ3n) is 3.32. The molecule has 0 saturated carbocycles. The van der Waals surface area contributed by atoms with E-state index in [1.165, 1.54) is 5.56 Å². The molecule has 2 heteroatoms. The number of hydrogen-bond donors (Lipinski definition) is 1. The van der Waals surface area contributed by atoms with Crippen LogP contribution in [0.3, 0.4) is 0 Å². The topological polar surface area (TPSA) is 21.3 Å². The van der Waals surface area contributed by atoms with Crippen molar-refractivity contribution in [3.8, 4) is 5.75 Å². The summed E-state index contributed by atoms with van der Waals surface area (Å²) < 4.78 is 5.23. The van der Waals surface area contributed by atoms with E-state index >= 15 is 0 Å². The Morgan fingerprint density at radius 2 is 2.00 bits per heavy atom. The number of benzene rings is 1. The van der Waals surface area contributed by atoms with Crippen LogP contribution in [-0.4, -0.2) is 19.7 Å². The Hall–Kier alpha value is -1.02. The highest BCUT2D eigenvalue weighted by molar-refractivity contribution is 5.32. The first-order chi connectivity index (χ1) is 7.01. The number of rotatable bonds is 4. The van der Waals surface area contributed by atoms with Crippen LogP contribution in [0, 0.1) is 0 Å². The Morgan fingerprint density at radius 1 is 1.33 bits per heavy atom. The molecule has 0 fully saturated rings. The molecule has 2 nitrogen and oxygen atoms in total. The second kappa shape index (κ2) is 4.67. The van der Waals surface area contributed by atoms with Gasteiger partial charge in [0.1, 0.15) is 5.75 Å². The maximum Gasteiger partial charge on any atom is 0.119 e. The van der Waals surface area contributed by atoms with Crippen molar-refractivity contribution in [2.24, 2.45) is 0 Å². The van der Waals surface area contributed by atoms with E-state index in [0.717, 1.165) is 5.75 Å². The molecule has 15 heavy (non-hydrogen) atoms. The fraction of sp³-hybridized carbons (Fsp3) is 0.538. The van der Waals surface area contributed by atoms with Crippen LogP contribution < -0.4 is 10.1 Å². The highest BCUT2D eigenvalue weighted by Crippen LogP contribution is 2.29. The minimum atomic E-state index is 0.0896. The Balaban J connectivity index is 2.95. The minimum absolute atomic E-state index is 0.0896. The zero-order chi connectivity index (χ0) is 11.5. The molecule has 0 aliphatic carbocycles. The summed E-state index contributed by atoms with van der Waals surface area (Å²) in [7, 11) is 3.70. The molecule has 0 aliphatic rings. The highest BCUT2D eigenvalue weighted by Gasteiger charge is 2.24. The van der Waals surface area contributed by atoms with Gasteiger partial charge in [0.05, 0.1) is 7.11 Å². The van der Waals surface area contributed by atoms with E-state index in [1.54, 1.807) is 7.11 Å². The molecule has 0 bridgehead atoms. The minimum Gasteiger partial charge on any atom is -0.497 e. The first kappa shape index (κ1) is 12.1. The van der Waals surface area contributed by atoms with Crippen molar-refractivity contribution in [1.29, 1.82) is 0 Å².